The van der Waals surface area contributed by atoms with Gasteiger partial charge in [-0.2, -0.15) is 5.10 Å². The lowest BCUT2D eigenvalue weighted by Crippen LogP contribution is -2.18. The second-order valence-electron chi connectivity index (χ2n) is 6.11. The number of ether oxygens (including phenoxy) is 2. The number of halogens is 3. The maximum absolute atomic E-state index is 12.2. The van der Waals surface area contributed by atoms with Gasteiger partial charge in [-0.15, -0.1) is 0 Å². The summed E-state index contributed by atoms with van der Waals surface area (Å²) >= 11 is 18.0. The van der Waals surface area contributed by atoms with Crippen LogP contribution < -0.4 is 14.9 Å². The Bertz CT molecular complexity index is 1090. The maximum atomic E-state index is 12.2. The zero-order valence-corrected chi connectivity index (χ0v) is 18.1. The first-order valence-electron chi connectivity index (χ1n) is 8.80. The molecule has 0 saturated heterocycles. The van der Waals surface area contributed by atoms with Gasteiger partial charge in [0.2, 0.25) is 0 Å². The maximum Gasteiger partial charge on any atom is 0.272 e. The molecule has 0 aliphatic rings. The predicted octanol–water partition coefficient (Wildman–Crippen LogP) is 6.00. The largest absolute Gasteiger partial charge is 0.493 e. The number of carbonyl (C=O) groups excluding carboxylic acids is 1. The van der Waals surface area contributed by atoms with Crippen LogP contribution in [0.3, 0.4) is 0 Å². The van der Waals surface area contributed by atoms with E-state index < -0.39 is 5.91 Å². The van der Waals surface area contributed by atoms with Crippen molar-refractivity contribution in [1.82, 2.24) is 5.43 Å². The SMILES string of the molecule is COc1cc(/C=N\NC(=O)c2ccc(Cl)cc2Cl)ccc1OCc1ccccc1Cl. The molecule has 3 aromatic carbocycles. The highest BCUT2D eigenvalue weighted by molar-refractivity contribution is 6.36. The number of hydrogen-bond acceptors (Lipinski definition) is 4. The van der Waals surface area contributed by atoms with Crippen LogP contribution in [0.15, 0.2) is 65.8 Å². The smallest absolute Gasteiger partial charge is 0.272 e. The van der Waals surface area contributed by atoms with Gasteiger partial charge in [-0.1, -0.05) is 53.0 Å². The fraction of sp³-hybridized carbons (Fsp3) is 0.0909. The van der Waals surface area contributed by atoms with Crippen molar-refractivity contribution in [3.05, 3.63) is 92.4 Å². The lowest BCUT2D eigenvalue weighted by molar-refractivity contribution is 0.0955. The first kappa shape index (κ1) is 22.0. The molecule has 30 heavy (non-hydrogen) atoms. The zero-order chi connectivity index (χ0) is 21.5. The molecule has 3 rings (SSSR count). The summed E-state index contributed by atoms with van der Waals surface area (Å²) in [6.45, 7) is 0.307. The fourth-order valence-electron chi connectivity index (χ4n) is 2.55. The van der Waals surface area contributed by atoms with Gasteiger partial charge in [-0.3, -0.25) is 4.79 Å². The van der Waals surface area contributed by atoms with Crippen molar-refractivity contribution < 1.29 is 14.3 Å². The second-order valence-corrected chi connectivity index (χ2v) is 7.36. The summed E-state index contributed by atoms with van der Waals surface area (Å²) in [6.07, 6.45) is 1.49. The Morgan fingerprint density at radius 2 is 1.80 bits per heavy atom. The van der Waals surface area contributed by atoms with Crippen LogP contribution in [0.4, 0.5) is 0 Å². The Labute approximate surface area is 189 Å². The minimum absolute atomic E-state index is 0.247. The van der Waals surface area contributed by atoms with E-state index in [-0.39, 0.29) is 10.6 Å². The fourth-order valence-corrected chi connectivity index (χ4v) is 3.24. The van der Waals surface area contributed by atoms with Gasteiger partial charge < -0.3 is 9.47 Å². The lowest BCUT2D eigenvalue weighted by atomic mass is 10.2. The van der Waals surface area contributed by atoms with Gasteiger partial charge in [0.05, 0.1) is 23.9 Å². The monoisotopic (exact) mass is 462 g/mol. The second kappa shape index (κ2) is 10.3. The molecule has 0 radical (unpaired) electrons. The number of benzene rings is 3. The quantitative estimate of drug-likeness (QED) is 0.345. The molecule has 1 amide bonds. The van der Waals surface area contributed by atoms with Crippen LogP contribution >= 0.6 is 34.8 Å². The van der Waals surface area contributed by atoms with E-state index in [1.807, 2.05) is 24.3 Å². The van der Waals surface area contributed by atoms with Crippen molar-refractivity contribution in [1.29, 1.82) is 0 Å². The molecule has 0 bridgehead atoms. The standard InChI is InChI=1S/C22H17Cl3N2O3/c1-29-21-10-14(6-9-20(21)30-13-15-4-2-3-5-18(15)24)12-26-27-22(28)17-8-7-16(23)11-19(17)25/h2-12H,13H2,1H3,(H,27,28)/b26-12-. The van der Waals surface area contributed by atoms with E-state index in [9.17, 15) is 4.79 Å². The van der Waals surface area contributed by atoms with Gasteiger partial charge in [-0.25, -0.2) is 5.43 Å². The zero-order valence-electron chi connectivity index (χ0n) is 15.9. The van der Waals surface area contributed by atoms with Crippen LogP contribution in [-0.2, 0) is 6.61 Å². The van der Waals surface area contributed by atoms with E-state index in [0.29, 0.717) is 33.7 Å². The predicted molar refractivity (Wildman–Crippen MR) is 120 cm³/mol. The molecule has 3 aromatic rings. The van der Waals surface area contributed by atoms with Crippen LogP contribution in [0.1, 0.15) is 21.5 Å². The Balaban J connectivity index is 1.65. The van der Waals surface area contributed by atoms with Crippen molar-refractivity contribution in [2.45, 2.75) is 6.61 Å². The number of hydrogen-bond donors (Lipinski definition) is 1. The molecule has 0 unspecified atom stereocenters. The van der Waals surface area contributed by atoms with Gasteiger partial charge >= 0.3 is 0 Å². The average molecular weight is 464 g/mol. The van der Waals surface area contributed by atoms with Gasteiger partial charge in [-0.05, 0) is 48.0 Å². The van der Waals surface area contributed by atoms with Gasteiger partial charge in [0.1, 0.15) is 6.61 Å². The summed E-state index contributed by atoms with van der Waals surface area (Å²) in [5, 5.41) is 5.29. The molecule has 0 spiro atoms. The molecule has 5 nitrogen and oxygen atoms in total. The highest BCUT2D eigenvalue weighted by atomic mass is 35.5. The Kier molecular flexibility index (Phi) is 7.57. The van der Waals surface area contributed by atoms with Crippen molar-refractivity contribution in [2.24, 2.45) is 5.10 Å². The molecule has 154 valence electrons. The number of methoxy groups -OCH3 is 1. The molecule has 0 aliphatic heterocycles. The van der Waals surface area contributed by atoms with Crippen molar-refractivity contribution >= 4 is 46.9 Å². The topological polar surface area (TPSA) is 59.9 Å². The first-order chi connectivity index (χ1) is 14.5. The summed E-state index contributed by atoms with van der Waals surface area (Å²) in [7, 11) is 1.54. The third-order valence-corrected chi connectivity index (χ3v) is 5.00. The van der Waals surface area contributed by atoms with Gasteiger partial charge in [0, 0.05) is 15.6 Å². The molecule has 1 N–H and O–H groups in total. The van der Waals surface area contributed by atoms with Crippen LogP contribution in [-0.4, -0.2) is 19.2 Å². The average Bonchev–Trinajstić information content (AvgIpc) is 2.73. The van der Waals surface area contributed by atoms with E-state index in [1.165, 1.54) is 18.3 Å². The van der Waals surface area contributed by atoms with Crippen molar-refractivity contribution in [3.63, 3.8) is 0 Å². The summed E-state index contributed by atoms with van der Waals surface area (Å²) < 4.78 is 11.2. The number of rotatable bonds is 7. The molecular weight excluding hydrogens is 447 g/mol. The van der Waals surface area contributed by atoms with Crippen LogP contribution in [0.5, 0.6) is 11.5 Å². The van der Waals surface area contributed by atoms with Gasteiger partial charge in [0.25, 0.3) is 5.91 Å². The number of hydrazone groups is 1. The molecule has 0 heterocycles. The Morgan fingerprint density at radius 1 is 1.00 bits per heavy atom. The van der Waals surface area contributed by atoms with E-state index >= 15 is 0 Å². The normalized spacial score (nSPS) is 10.8. The molecular formula is C22H17Cl3N2O3. The van der Waals surface area contributed by atoms with Crippen molar-refractivity contribution in [2.75, 3.05) is 7.11 Å². The molecule has 8 heteroatoms. The van der Waals surface area contributed by atoms with Crippen LogP contribution in [0.2, 0.25) is 15.1 Å². The summed E-state index contributed by atoms with van der Waals surface area (Å²) in [5.41, 5.74) is 4.28. The molecule has 0 fully saturated rings. The molecule has 0 aliphatic carbocycles. The molecule has 0 saturated carbocycles. The Morgan fingerprint density at radius 3 is 2.53 bits per heavy atom. The van der Waals surface area contributed by atoms with E-state index in [4.69, 9.17) is 44.3 Å². The number of amides is 1. The summed E-state index contributed by atoms with van der Waals surface area (Å²) in [4.78, 5) is 12.2. The highest BCUT2D eigenvalue weighted by Crippen LogP contribution is 2.29. The number of nitrogens with zero attached hydrogens (tertiary/aromatic N) is 1. The first-order valence-corrected chi connectivity index (χ1v) is 9.94. The Hall–Kier alpha value is -2.73. The lowest BCUT2D eigenvalue weighted by Gasteiger charge is -2.12. The third-order valence-electron chi connectivity index (χ3n) is 4.08. The van der Waals surface area contributed by atoms with E-state index in [2.05, 4.69) is 10.5 Å². The summed E-state index contributed by atoms with van der Waals surface area (Å²) in [5.74, 6) is 0.643. The van der Waals surface area contributed by atoms with Crippen LogP contribution in [0.25, 0.3) is 0 Å². The highest BCUT2D eigenvalue weighted by Gasteiger charge is 2.10. The van der Waals surface area contributed by atoms with E-state index in [1.54, 1.807) is 31.4 Å². The minimum Gasteiger partial charge on any atom is -0.493 e. The van der Waals surface area contributed by atoms with Crippen LogP contribution in [0, 0.1) is 0 Å². The number of carbonyl (C=O) groups is 1. The minimum atomic E-state index is -0.445. The van der Waals surface area contributed by atoms with E-state index in [0.717, 1.165) is 5.56 Å². The summed E-state index contributed by atoms with van der Waals surface area (Å²) in [6, 6.07) is 17.4. The molecule has 0 atom stereocenters. The third kappa shape index (κ3) is 5.66. The number of nitrogens with one attached hydrogen (secondary N) is 1. The van der Waals surface area contributed by atoms with Gasteiger partial charge in [0.15, 0.2) is 11.5 Å². The molecule has 0 aromatic heterocycles. The van der Waals surface area contributed by atoms with Crippen molar-refractivity contribution in [3.8, 4) is 11.5 Å².